The molecule has 1 atom stereocenters. The zero-order chi connectivity index (χ0) is 15.6. The Kier molecular flexibility index (Phi) is 4.46. The molecular weight excluding hydrogens is 286 g/mol. The van der Waals surface area contributed by atoms with Gasteiger partial charge in [0.05, 0.1) is 11.7 Å². The molecule has 2 aromatic rings. The van der Waals surface area contributed by atoms with Gasteiger partial charge in [-0.25, -0.2) is 9.97 Å². The largest absolute Gasteiger partial charge is 0.448 e. The van der Waals surface area contributed by atoms with Gasteiger partial charge in [-0.2, -0.15) is 0 Å². The average molecular weight is 307 g/mol. The molecule has 0 aromatic carbocycles. The van der Waals surface area contributed by atoms with Crippen molar-refractivity contribution in [1.82, 2.24) is 15.3 Å². The summed E-state index contributed by atoms with van der Waals surface area (Å²) in [7, 11) is 0. The van der Waals surface area contributed by atoms with E-state index < -0.39 is 0 Å². The predicted octanol–water partition coefficient (Wildman–Crippen LogP) is 3.48. The highest BCUT2D eigenvalue weighted by Gasteiger charge is 2.22. The van der Waals surface area contributed by atoms with Crippen molar-refractivity contribution >= 4 is 17.2 Å². The zero-order valence-electron chi connectivity index (χ0n) is 13.1. The highest BCUT2D eigenvalue weighted by molar-refractivity contribution is 7.09. The van der Waals surface area contributed by atoms with Gasteiger partial charge >= 0.3 is 0 Å². The van der Waals surface area contributed by atoms with Crippen LogP contribution >= 0.6 is 11.3 Å². The number of amides is 1. The normalized spacial score (nSPS) is 13.2. The first-order valence-electron chi connectivity index (χ1n) is 7.02. The van der Waals surface area contributed by atoms with Crippen LogP contribution in [-0.2, 0) is 11.8 Å². The Morgan fingerprint density at radius 1 is 1.48 bits per heavy atom. The van der Waals surface area contributed by atoms with Gasteiger partial charge in [0.2, 0.25) is 0 Å². The molecular formula is C15H21N3O2S. The van der Waals surface area contributed by atoms with Crippen molar-refractivity contribution in [2.45, 2.75) is 52.5 Å². The topological polar surface area (TPSA) is 68.0 Å². The molecule has 2 heterocycles. The molecule has 0 fully saturated rings. The van der Waals surface area contributed by atoms with Crippen molar-refractivity contribution in [2.75, 3.05) is 0 Å². The summed E-state index contributed by atoms with van der Waals surface area (Å²) < 4.78 is 5.19. The number of hydrogen-bond acceptors (Lipinski definition) is 5. The van der Waals surface area contributed by atoms with Crippen LogP contribution in [0, 0.1) is 0 Å². The Bertz CT molecular complexity index is 625. The summed E-state index contributed by atoms with van der Waals surface area (Å²) in [5, 5.41) is 5.87. The Hall–Kier alpha value is -1.69. The van der Waals surface area contributed by atoms with Crippen LogP contribution in [0.1, 0.15) is 67.6 Å². The lowest BCUT2D eigenvalue weighted by atomic mass is 9.93. The van der Waals surface area contributed by atoms with Gasteiger partial charge in [0.1, 0.15) is 10.8 Å². The second kappa shape index (κ2) is 5.97. The molecule has 114 valence electrons. The third-order valence-electron chi connectivity index (χ3n) is 3.19. The monoisotopic (exact) mass is 307 g/mol. The lowest BCUT2D eigenvalue weighted by Gasteiger charge is -2.15. The van der Waals surface area contributed by atoms with E-state index in [2.05, 4.69) is 36.1 Å². The summed E-state index contributed by atoms with van der Waals surface area (Å²) >= 11 is 1.56. The standard InChI is InChI=1S/C15H21N3O2S/c1-6-10-12(16-8-20-10)13(19)17-9(2)14-18-11(7-21-14)15(3,4)5/h7-9H,6H2,1-5H3,(H,17,19). The van der Waals surface area contributed by atoms with E-state index in [1.54, 1.807) is 11.3 Å². The van der Waals surface area contributed by atoms with Gasteiger partial charge in [-0.3, -0.25) is 4.79 Å². The Balaban J connectivity index is 2.09. The van der Waals surface area contributed by atoms with E-state index in [0.29, 0.717) is 17.9 Å². The molecule has 0 aliphatic rings. The van der Waals surface area contributed by atoms with Gasteiger partial charge in [0.15, 0.2) is 12.1 Å². The second-order valence-corrected chi connectivity index (χ2v) is 6.88. The number of aryl methyl sites for hydroxylation is 1. The Morgan fingerprint density at radius 3 is 2.76 bits per heavy atom. The molecule has 0 radical (unpaired) electrons. The number of carbonyl (C=O) groups excluding carboxylic acids is 1. The number of hydrogen-bond donors (Lipinski definition) is 1. The molecule has 21 heavy (non-hydrogen) atoms. The van der Waals surface area contributed by atoms with Crippen LogP contribution in [0.5, 0.6) is 0 Å². The van der Waals surface area contributed by atoms with Crippen LogP contribution in [0.15, 0.2) is 16.2 Å². The number of carbonyl (C=O) groups is 1. The Labute approximate surface area is 128 Å². The minimum Gasteiger partial charge on any atom is -0.448 e. The van der Waals surface area contributed by atoms with E-state index >= 15 is 0 Å². The summed E-state index contributed by atoms with van der Waals surface area (Å²) in [6.45, 7) is 10.2. The van der Waals surface area contributed by atoms with Crippen molar-refractivity contribution in [3.05, 3.63) is 33.9 Å². The van der Waals surface area contributed by atoms with Crippen LogP contribution in [0.4, 0.5) is 0 Å². The van der Waals surface area contributed by atoms with Crippen LogP contribution in [0.25, 0.3) is 0 Å². The smallest absolute Gasteiger partial charge is 0.274 e. The quantitative estimate of drug-likeness (QED) is 0.939. The summed E-state index contributed by atoms with van der Waals surface area (Å²) in [6.07, 6.45) is 1.95. The molecule has 0 spiro atoms. The summed E-state index contributed by atoms with van der Waals surface area (Å²) in [5.41, 5.74) is 1.41. The number of oxazole rings is 1. The minimum atomic E-state index is -0.222. The molecule has 0 saturated heterocycles. The third-order valence-corrected chi connectivity index (χ3v) is 4.21. The van der Waals surface area contributed by atoms with E-state index in [-0.39, 0.29) is 17.4 Å². The maximum atomic E-state index is 12.2. The van der Waals surface area contributed by atoms with Crippen molar-refractivity contribution in [1.29, 1.82) is 0 Å². The highest BCUT2D eigenvalue weighted by Crippen LogP contribution is 2.26. The zero-order valence-corrected chi connectivity index (χ0v) is 13.9. The van der Waals surface area contributed by atoms with Crippen molar-refractivity contribution in [3.8, 4) is 0 Å². The third kappa shape index (κ3) is 3.50. The van der Waals surface area contributed by atoms with Gasteiger partial charge in [0, 0.05) is 17.2 Å². The number of nitrogens with one attached hydrogen (secondary N) is 1. The number of aromatic nitrogens is 2. The maximum Gasteiger partial charge on any atom is 0.274 e. The van der Waals surface area contributed by atoms with E-state index in [0.717, 1.165) is 10.7 Å². The molecule has 2 aromatic heterocycles. The van der Waals surface area contributed by atoms with Crippen LogP contribution < -0.4 is 5.32 Å². The summed E-state index contributed by atoms with van der Waals surface area (Å²) in [4.78, 5) is 20.8. The molecule has 1 unspecified atom stereocenters. The SMILES string of the molecule is CCc1ocnc1C(=O)NC(C)c1nc(C(C)(C)C)cs1. The van der Waals surface area contributed by atoms with Crippen molar-refractivity contribution in [3.63, 3.8) is 0 Å². The summed E-state index contributed by atoms with van der Waals surface area (Å²) in [5.74, 6) is 0.384. The molecule has 0 aliphatic carbocycles. The van der Waals surface area contributed by atoms with Crippen LogP contribution in [0.2, 0.25) is 0 Å². The van der Waals surface area contributed by atoms with E-state index in [1.165, 1.54) is 6.39 Å². The molecule has 2 rings (SSSR count). The fraction of sp³-hybridized carbons (Fsp3) is 0.533. The molecule has 5 nitrogen and oxygen atoms in total. The molecule has 0 saturated carbocycles. The summed E-state index contributed by atoms with van der Waals surface area (Å²) in [6, 6.07) is -0.153. The number of nitrogens with zero attached hydrogens (tertiary/aromatic N) is 2. The van der Waals surface area contributed by atoms with Gasteiger partial charge in [-0.15, -0.1) is 11.3 Å². The van der Waals surface area contributed by atoms with Gasteiger partial charge in [-0.1, -0.05) is 27.7 Å². The van der Waals surface area contributed by atoms with Crippen LogP contribution in [-0.4, -0.2) is 15.9 Å². The van der Waals surface area contributed by atoms with Gasteiger partial charge in [-0.05, 0) is 6.92 Å². The van der Waals surface area contributed by atoms with Gasteiger partial charge in [0.25, 0.3) is 5.91 Å². The van der Waals surface area contributed by atoms with E-state index in [1.807, 2.05) is 19.2 Å². The molecule has 6 heteroatoms. The first-order chi connectivity index (χ1) is 9.82. The van der Waals surface area contributed by atoms with E-state index in [9.17, 15) is 4.79 Å². The minimum absolute atomic E-state index is 0.0139. The molecule has 0 aliphatic heterocycles. The lowest BCUT2D eigenvalue weighted by Crippen LogP contribution is -2.27. The molecule has 1 amide bonds. The fourth-order valence-corrected chi connectivity index (χ4v) is 2.92. The number of rotatable bonds is 4. The lowest BCUT2D eigenvalue weighted by molar-refractivity contribution is 0.0933. The first kappa shape index (κ1) is 15.7. The first-order valence-corrected chi connectivity index (χ1v) is 7.90. The maximum absolute atomic E-state index is 12.2. The average Bonchev–Trinajstić information content (AvgIpc) is 3.06. The number of thiazole rings is 1. The molecule has 1 N–H and O–H groups in total. The van der Waals surface area contributed by atoms with Crippen LogP contribution in [0.3, 0.4) is 0 Å². The fourth-order valence-electron chi connectivity index (χ4n) is 1.86. The predicted molar refractivity (Wildman–Crippen MR) is 82.6 cm³/mol. The van der Waals surface area contributed by atoms with Gasteiger partial charge < -0.3 is 9.73 Å². The van der Waals surface area contributed by atoms with Crippen molar-refractivity contribution < 1.29 is 9.21 Å². The Morgan fingerprint density at radius 2 is 2.19 bits per heavy atom. The van der Waals surface area contributed by atoms with Crippen molar-refractivity contribution in [2.24, 2.45) is 0 Å². The molecule has 0 bridgehead atoms. The van der Waals surface area contributed by atoms with E-state index in [4.69, 9.17) is 4.42 Å². The highest BCUT2D eigenvalue weighted by atomic mass is 32.1. The second-order valence-electron chi connectivity index (χ2n) is 5.99.